The zero-order valence-electron chi connectivity index (χ0n) is 12.1. The standard InChI is InChI=1S/C14H27NO3/c1-5-14(4)11(10-12(14)17-6-2)15-9-8-13(16)18-7-3/h11-12,15H,5-10H2,1-4H3. The fraction of sp³-hybridized carbons (Fsp3) is 0.929. The second kappa shape index (κ2) is 7.10. The van der Waals surface area contributed by atoms with Gasteiger partial charge in [-0.3, -0.25) is 4.79 Å². The predicted molar refractivity (Wildman–Crippen MR) is 71.5 cm³/mol. The molecule has 0 saturated heterocycles. The van der Waals surface area contributed by atoms with Gasteiger partial charge in [-0.25, -0.2) is 0 Å². The normalized spacial score (nSPS) is 30.9. The number of nitrogens with one attached hydrogen (secondary N) is 1. The number of hydrogen-bond donors (Lipinski definition) is 1. The van der Waals surface area contributed by atoms with Crippen LogP contribution >= 0.6 is 0 Å². The summed E-state index contributed by atoms with van der Waals surface area (Å²) in [6.07, 6.45) is 2.94. The van der Waals surface area contributed by atoms with Gasteiger partial charge in [0.15, 0.2) is 0 Å². The highest BCUT2D eigenvalue weighted by Gasteiger charge is 2.50. The zero-order chi connectivity index (χ0) is 13.6. The minimum Gasteiger partial charge on any atom is -0.466 e. The number of esters is 1. The summed E-state index contributed by atoms with van der Waals surface area (Å²) in [5.41, 5.74) is 0.199. The number of ether oxygens (including phenoxy) is 2. The quantitative estimate of drug-likeness (QED) is 0.677. The Hall–Kier alpha value is -0.610. The summed E-state index contributed by atoms with van der Waals surface area (Å²) in [6, 6.07) is 0.452. The number of carbonyl (C=O) groups is 1. The average Bonchev–Trinajstić information content (AvgIpc) is 2.36. The average molecular weight is 257 g/mol. The van der Waals surface area contributed by atoms with Crippen molar-refractivity contribution in [2.75, 3.05) is 19.8 Å². The zero-order valence-corrected chi connectivity index (χ0v) is 12.1. The Morgan fingerprint density at radius 2 is 2.06 bits per heavy atom. The summed E-state index contributed by atoms with van der Waals surface area (Å²) in [5, 5.41) is 3.46. The molecule has 0 aromatic carbocycles. The van der Waals surface area contributed by atoms with E-state index in [1.807, 2.05) is 13.8 Å². The molecule has 106 valence electrons. The van der Waals surface area contributed by atoms with Crippen LogP contribution in [0.5, 0.6) is 0 Å². The van der Waals surface area contributed by atoms with Crippen molar-refractivity contribution in [3.05, 3.63) is 0 Å². The highest BCUT2D eigenvalue weighted by Crippen LogP contribution is 2.45. The lowest BCUT2D eigenvalue weighted by Gasteiger charge is -2.53. The maximum absolute atomic E-state index is 11.2. The molecule has 0 aromatic rings. The largest absolute Gasteiger partial charge is 0.466 e. The summed E-state index contributed by atoms with van der Waals surface area (Å²) < 4.78 is 10.7. The van der Waals surface area contributed by atoms with Crippen molar-refractivity contribution in [2.24, 2.45) is 5.41 Å². The van der Waals surface area contributed by atoms with Crippen molar-refractivity contribution < 1.29 is 14.3 Å². The number of rotatable bonds is 8. The Bertz CT molecular complexity index is 270. The first-order valence-corrected chi connectivity index (χ1v) is 7.09. The monoisotopic (exact) mass is 257 g/mol. The van der Waals surface area contributed by atoms with Crippen molar-refractivity contribution in [3.8, 4) is 0 Å². The maximum Gasteiger partial charge on any atom is 0.307 e. The smallest absolute Gasteiger partial charge is 0.307 e. The fourth-order valence-electron chi connectivity index (χ4n) is 2.65. The highest BCUT2D eigenvalue weighted by atomic mass is 16.5. The van der Waals surface area contributed by atoms with E-state index in [0.717, 1.165) is 19.4 Å². The van der Waals surface area contributed by atoms with Gasteiger partial charge < -0.3 is 14.8 Å². The molecule has 1 N–H and O–H groups in total. The molecule has 18 heavy (non-hydrogen) atoms. The lowest BCUT2D eigenvalue weighted by Crippen LogP contribution is -2.62. The molecule has 0 amide bonds. The van der Waals surface area contributed by atoms with Crippen LogP contribution in [0.2, 0.25) is 0 Å². The van der Waals surface area contributed by atoms with Gasteiger partial charge in [-0.15, -0.1) is 0 Å². The topological polar surface area (TPSA) is 47.6 Å². The van der Waals surface area contributed by atoms with Crippen molar-refractivity contribution in [1.29, 1.82) is 0 Å². The van der Waals surface area contributed by atoms with E-state index in [2.05, 4.69) is 19.2 Å². The fourth-order valence-corrected chi connectivity index (χ4v) is 2.65. The van der Waals surface area contributed by atoms with Gasteiger partial charge in [0.1, 0.15) is 0 Å². The van der Waals surface area contributed by atoms with Crippen molar-refractivity contribution >= 4 is 5.97 Å². The molecule has 1 fully saturated rings. The van der Waals surface area contributed by atoms with Crippen LogP contribution in [-0.4, -0.2) is 37.9 Å². The molecule has 1 aliphatic rings. The first-order valence-electron chi connectivity index (χ1n) is 7.09. The Balaban J connectivity index is 2.29. The van der Waals surface area contributed by atoms with E-state index >= 15 is 0 Å². The molecule has 0 heterocycles. The van der Waals surface area contributed by atoms with E-state index in [4.69, 9.17) is 9.47 Å². The molecule has 1 saturated carbocycles. The van der Waals surface area contributed by atoms with Crippen molar-refractivity contribution in [3.63, 3.8) is 0 Å². The molecule has 1 aliphatic carbocycles. The summed E-state index contributed by atoms with van der Waals surface area (Å²) in [4.78, 5) is 11.2. The van der Waals surface area contributed by atoms with Crippen LogP contribution in [0.25, 0.3) is 0 Å². The van der Waals surface area contributed by atoms with Crippen molar-refractivity contribution in [1.82, 2.24) is 5.32 Å². The first kappa shape index (κ1) is 15.4. The summed E-state index contributed by atoms with van der Waals surface area (Å²) in [6.45, 7) is 10.3. The van der Waals surface area contributed by atoms with Gasteiger partial charge in [0, 0.05) is 24.6 Å². The van der Waals surface area contributed by atoms with Crippen LogP contribution in [0.4, 0.5) is 0 Å². The molecule has 0 aromatic heterocycles. The lowest BCUT2D eigenvalue weighted by molar-refractivity contribution is -0.143. The third-order valence-corrected chi connectivity index (χ3v) is 4.14. The molecule has 0 radical (unpaired) electrons. The summed E-state index contributed by atoms with van der Waals surface area (Å²) >= 11 is 0. The first-order chi connectivity index (χ1) is 8.58. The molecule has 0 aliphatic heterocycles. The van der Waals surface area contributed by atoms with E-state index in [-0.39, 0.29) is 11.4 Å². The van der Waals surface area contributed by atoms with Crippen LogP contribution in [0, 0.1) is 5.41 Å². The van der Waals surface area contributed by atoms with Crippen LogP contribution in [-0.2, 0) is 14.3 Å². The van der Waals surface area contributed by atoms with Gasteiger partial charge in [-0.2, -0.15) is 0 Å². The van der Waals surface area contributed by atoms with Crippen LogP contribution in [0.1, 0.15) is 47.0 Å². The summed E-state index contributed by atoms with van der Waals surface area (Å²) in [5.74, 6) is -0.121. The number of carbonyl (C=O) groups excluding carboxylic acids is 1. The minimum atomic E-state index is -0.121. The van der Waals surface area contributed by atoms with E-state index in [9.17, 15) is 4.79 Å². The Kier molecular flexibility index (Phi) is 6.09. The summed E-state index contributed by atoms with van der Waals surface area (Å²) in [7, 11) is 0. The predicted octanol–water partition coefficient (Wildman–Crippen LogP) is 2.12. The molecular weight excluding hydrogens is 230 g/mol. The Morgan fingerprint density at radius 1 is 1.33 bits per heavy atom. The third kappa shape index (κ3) is 3.45. The van der Waals surface area contributed by atoms with Gasteiger partial charge in [-0.1, -0.05) is 13.8 Å². The molecule has 4 heteroatoms. The molecule has 4 nitrogen and oxygen atoms in total. The molecule has 0 bridgehead atoms. The molecular formula is C14H27NO3. The van der Waals surface area contributed by atoms with E-state index in [1.54, 1.807) is 0 Å². The minimum absolute atomic E-state index is 0.121. The molecule has 1 rings (SSSR count). The van der Waals surface area contributed by atoms with Gasteiger partial charge in [0.25, 0.3) is 0 Å². The van der Waals surface area contributed by atoms with E-state index in [1.165, 1.54) is 0 Å². The van der Waals surface area contributed by atoms with Crippen LogP contribution in [0.3, 0.4) is 0 Å². The molecule has 0 spiro atoms. The highest BCUT2D eigenvalue weighted by molar-refractivity contribution is 5.69. The van der Waals surface area contributed by atoms with Crippen molar-refractivity contribution in [2.45, 2.75) is 59.1 Å². The Morgan fingerprint density at radius 3 is 2.61 bits per heavy atom. The molecule has 3 atom stereocenters. The second-order valence-electron chi connectivity index (χ2n) is 5.10. The third-order valence-electron chi connectivity index (χ3n) is 4.14. The maximum atomic E-state index is 11.2. The van der Waals surface area contributed by atoms with Gasteiger partial charge in [0.05, 0.1) is 19.1 Å². The van der Waals surface area contributed by atoms with Gasteiger partial charge in [0.2, 0.25) is 0 Å². The van der Waals surface area contributed by atoms with Crippen LogP contribution < -0.4 is 5.32 Å². The van der Waals surface area contributed by atoms with E-state index < -0.39 is 0 Å². The lowest BCUT2D eigenvalue weighted by atomic mass is 9.61. The second-order valence-corrected chi connectivity index (χ2v) is 5.10. The van der Waals surface area contributed by atoms with E-state index in [0.29, 0.717) is 31.7 Å². The van der Waals surface area contributed by atoms with Gasteiger partial charge >= 0.3 is 5.97 Å². The van der Waals surface area contributed by atoms with Crippen LogP contribution in [0.15, 0.2) is 0 Å². The number of hydrogen-bond acceptors (Lipinski definition) is 4. The molecule has 3 unspecified atom stereocenters. The van der Waals surface area contributed by atoms with Gasteiger partial charge in [-0.05, 0) is 26.7 Å². The Labute approximate surface area is 110 Å². The SMILES string of the molecule is CCOC(=O)CCNC1CC(OCC)C1(C)CC.